The Morgan fingerprint density at radius 3 is 2.42 bits per heavy atom. The van der Waals surface area contributed by atoms with Crippen LogP contribution in [0, 0.1) is 20.8 Å². The van der Waals surface area contributed by atoms with Gasteiger partial charge in [-0.1, -0.05) is 0 Å². The molecule has 0 aliphatic rings. The molecule has 0 atom stereocenters. The van der Waals surface area contributed by atoms with Crippen LogP contribution in [0.2, 0.25) is 0 Å². The summed E-state index contributed by atoms with van der Waals surface area (Å²) in [5.74, 6) is 0.931. The van der Waals surface area contributed by atoms with E-state index < -0.39 is 0 Å². The second kappa shape index (κ2) is 5.05. The smallest absolute Gasteiger partial charge is 0.122 e. The van der Waals surface area contributed by atoms with Crippen molar-refractivity contribution in [2.75, 3.05) is 7.11 Å². The van der Waals surface area contributed by atoms with E-state index in [0.29, 0.717) is 6.54 Å². The van der Waals surface area contributed by atoms with Crippen LogP contribution in [0.5, 0.6) is 5.75 Å². The highest BCUT2D eigenvalue weighted by molar-refractivity contribution is 5.71. The summed E-state index contributed by atoms with van der Waals surface area (Å²) in [5.41, 5.74) is 12.5. The van der Waals surface area contributed by atoms with E-state index in [1.165, 1.54) is 22.3 Å². The summed E-state index contributed by atoms with van der Waals surface area (Å²) in [7, 11) is 3.66. The average molecular weight is 259 g/mol. The van der Waals surface area contributed by atoms with Crippen LogP contribution < -0.4 is 10.5 Å². The third-order valence-corrected chi connectivity index (χ3v) is 3.66. The van der Waals surface area contributed by atoms with Gasteiger partial charge in [0.1, 0.15) is 5.75 Å². The second-order valence-corrected chi connectivity index (χ2v) is 4.87. The van der Waals surface area contributed by atoms with Gasteiger partial charge in [-0.3, -0.25) is 4.68 Å². The van der Waals surface area contributed by atoms with Crippen molar-refractivity contribution in [2.24, 2.45) is 12.8 Å². The summed E-state index contributed by atoms with van der Waals surface area (Å²) in [6, 6.07) is 4.13. The summed E-state index contributed by atoms with van der Waals surface area (Å²) in [6.07, 6.45) is 0. The summed E-state index contributed by atoms with van der Waals surface area (Å²) >= 11 is 0. The van der Waals surface area contributed by atoms with Gasteiger partial charge in [-0.25, -0.2) is 0 Å². The van der Waals surface area contributed by atoms with Crippen molar-refractivity contribution in [3.63, 3.8) is 0 Å². The van der Waals surface area contributed by atoms with Crippen LogP contribution in [0.3, 0.4) is 0 Å². The highest BCUT2D eigenvalue weighted by atomic mass is 16.5. The maximum atomic E-state index is 5.67. The lowest BCUT2D eigenvalue weighted by Gasteiger charge is -2.16. The number of nitrogens with zero attached hydrogens (tertiary/aromatic N) is 2. The number of ether oxygens (including phenoxy) is 1. The maximum absolute atomic E-state index is 5.67. The highest BCUT2D eigenvalue weighted by Gasteiger charge is 2.15. The van der Waals surface area contributed by atoms with Gasteiger partial charge in [0.15, 0.2) is 0 Å². The van der Waals surface area contributed by atoms with Crippen molar-refractivity contribution in [1.29, 1.82) is 0 Å². The molecule has 102 valence electrons. The lowest BCUT2D eigenvalue weighted by atomic mass is 9.95. The van der Waals surface area contributed by atoms with E-state index in [1.54, 1.807) is 7.11 Å². The molecule has 0 radical (unpaired) electrons. The molecule has 0 aliphatic heterocycles. The van der Waals surface area contributed by atoms with Gasteiger partial charge in [0.2, 0.25) is 0 Å². The van der Waals surface area contributed by atoms with Crippen molar-refractivity contribution >= 4 is 0 Å². The Kier molecular flexibility index (Phi) is 3.62. The Bertz CT molecular complexity index is 614. The molecule has 0 aliphatic carbocycles. The molecule has 1 heterocycles. The number of rotatable bonds is 3. The predicted molar refractivity (Wildman–Crippen MR) is 77.3 cm³/mol. The molecule has 0 saturated carbocycles. The third kappa shape index (κ3) is 2.24. The molecule has 4 nitrogen and oxygen atoms in total. The quantitative estimate of drug-likeness (QED) is 0.921. The van der Waals surface area contributed by atoms with Crippen LogP contribution in [0.25, 0.3) is 11.3 Å². The standard InChI is InChI=1S/C15H21N3O/c1-9-6-14(19-5)10(2)11(3)15(9)13-7-12(8-16)17-18(13)4/h6-7H,8,16H2,1-5H3. The van der Waals surface area contributed by atoms with E-state index >= 15 is 0 Å². The Balaban J connectivity index is 2.68. The van der Waals surface area contributed by atoms with Crippen LogP contribution >= 0.6 is 0 Å². The first kappa shape index (κ1) is 13.6. The fourth-order valence-electron chi connectivity index (χ4n) is 2.51. The molecule has 0 spiro atoms. The number of hydrogen-bond donors (Lipinski definition) is 1. The van der Waals surface area contributed by atoms with Crippen LogP contribution in [-0.4, -0.2) is 16.9 Å². The molecular formula is C15H21N3O. The number of hydrogen-bond acceptors (Lipinski definition) is 3. The molecule has 4 heteroatoms. The Morgan fingerprint density at radius 1 is 1.21 bits per heavy atom. The zero-order chi connectivity index (χ0) is 14.2. The van der Waals surface area contributed by atoms with Crippen molar-refractivity contribution in [1.82, 2.24) is 9.78 Å². The fourth-order valence-corrected chi connectivity index (χ4v) is 2.51. The van der Waals surface area contributed by atoms with Gasteiger partial charge in [-0.15, -0.1) is 0 Å². The van der Waals surface area contributed by atoms with E-state index in [2.05, 4.69) is 38.0 Å². The van der Waals surface area contributed by atoms with Crippen molar-refractivity contribution in [3.8, 4) is 17.0 Å². The first-order valence-electron chi connectivity index (χ1n) is 6.37. The van der Waals surface area contributed by atoms with E-state index in [4.69, 9.17) is 10.5 Å². The lowest BCUT2D eigenvalue weighted by Crippen LogP contribution is -2.01. The molecule has 0 bridgehead atoms. The average Bonchev–Trinajstić information content (AvgIpc) is 2.75. The SMILES string of the molecule is COc1cc(C)c(-c2cc(CN)nn2C)c(C)c1C. The molecule has 1 aromatic carbocycles. The molecule has 1 aromatic heterocycles. The normalized spacial score (nSPS) is 10.8. The van der Waals surface area contributed by atoms with Gasteiger partial charge in [0.05, 0.1) is 18.5 Å². The first-order chi connectivity index (χ1) is 8.99. The van der Waals surface area contributed by atoms with Crippen LogP contribution in [0.4, 0.5) is 0 Å². The minimum Gasteiger partial charge on any atom is -0.496 e. The lowest BCUT2D eigenvalue weighted by molar-refractivity contribution is 0.411. The monoisotopic (exact) mass is 259 g/mol. The molecule has 2 N–H and O–H groups in total. The Morgan fingerprint density at radius 2 is 1.89 bits per heavy atom. The largest absolute Gasteiger partial charge is 0.496 e. The number of benzene rings is 1. The minimum atomic E-state index is 0.459. The van der Waals surface area contributed by atoms with Gasteiger partial charge in [0, 0.05) is 19.2 Å². The summed E-state index contributed by atoms with van der Waals surface area (Å²) in [4.78, 5) is 0. The van der Waals surface area contributed by atoms with Gasteiger partial charge in [0.25, 0.3) is 0 Å². The number of aryl methyl sites for hydroxylation is 2. The van der Waals surface area contributed by atoms with E-state index in [0.717, 1.165) is 17.1 Å². The number of methoxy groups -OCH3 is 1. The molecule has 0 amide bonds. The zero-order valence-corrected chi connectivity index (χ0v) is 12.2. The van der Waals surface area contributed by atoms with Crippen molar-refractivity contribution in [2.45, 2.75) is 27.3 Å². The molecule has 19 heavy (non-hydrogen) atoms. The Hall–Kier alpha value is -1.81. The molecule has 0 saturated heterocycles. The van der Waals surface area contributed by atoms with Gasteiger partial charge >= 0.3 is 0 Å². The predicted octanol–water partition coefficient (Wildman–Crippen LogP) is 2.48. The molecule has 0 unspecified atom stereocenters. The van der Waals surface area contributed by atoms with Crippen molar-refractivity contribution < 1.29 is 4.74 Å². The van der Waals surface area contributed by atoms with E-state index in [1.807, 2.05) is 11.7 Å². The van der Waals surface area contributed by atoms with Crippen LogP contribution in [-0.2, 0) is 13.6 Å². The second-order valence-electron chi connectivity index (χ2n) is 4.87. The summed E-state index contributed by atoms with van der Waals surface area (Å²) in [5, 5.41) is 4.42. The number of nitrogens with two attached hydrogens (primary N) is 1. The van der Waals surface area contributed by atoms with Crippen LogP contribution in [0.1, 0.15) is 22.4 Å². The minimum absolute atomic E-state index is 0.459. The first-order valence-corrected chi connectivity index (χ1v) is 6.37. The van der Waals surface area contributed by atoms with Gasteiger partial charge in [-0.05, 0) is 49.6 Å². The molecule has 2 aromatic rings. The molecule has 2 rings (SSSR count). The highest BCUT2D eigenvalue weighted by Crippen LogP contribution is 2.34. The topological polar surface area (TPSA) is 53.1 Å². The van der Waals surface area contributed by atoms with Crippen molar-refractivity contribution in [3.05, 3.63) is 34.5 Å². The van der Waals surface area contributed by atoms with E-state index in [9.17, 15) is 0 Å². The fraction of sp³-hybridized carbons (Fsp3) is 0.400. The molecular weight excluding hydrogens is 238 g/mol. The maximum Gasteiger partial charge on any atom is 0.122 e. The number of aromatic nitrogens is 2. The Labute approximate surface area is 114 Å². The van der Waals surface area contributed by atoms with Crippen LogP contribution in [0.15, 0.2) is 12.1 Å². The van der Waals surface area contributed by atoms with Gasteiger partial charge < -0.3 is 10.5 Å². The zero-order valence-electron chi connectivity index (χ0n) is 12.2. The van der Waals surface area contributed by atoms with E-state index in [-0.39, 0.29) is 0 Å². The van der Waals surface area contributed by atoms with Gasteiger partial charge in [-0.2, -0.15) is 5.10 Å². The summed E-state index contributed by atoms with van der Waals surface area (Å²) < 4.78 is 7.30. The summed E-state index contributed by atoms with van der Waals surface area (Å²) in [6.45, 7) is 6.76. The molecule has 0 fully saturated rings. The third-order valence-electron chi connectivity index (χ3n) is 3.66.